The van der Waals surface area contributed by atoms with Gasteiger partial charge in [-0.15, -0.1) is 0 Å². The van der Waals surface area contributed by atoms with Crippen LogP contribution in [0.3, 0.4) is 0 Å². The highest BCUT2D eigenvalue weighted by Crippen LogP contribution is 2.33. The molecule has 0 radical (unpaired) electrons. The van der Waals surface area contributed by atoms with Gasteiger partial charge in [0.15, 0.2) is 0 Å². The summed E-state index contributed by atoms with van der Waals surface area (Å²) in [5.41, 5.74) is 7.56. The van der Waals surface area contributed by atoms with Gasteiger partial charge in [-0.1, -0.05) is 12.1 Å². The Hall–Kier alpha value is -1.88. The van der Waals surface area contributed by atoms with Crippen molar-refractivity contribution in [1.29, 1.82) is 0 Å². The standard InChI is InChI=1S/C11H12N2O3/c1-5-7-4-6(9(12)11(15)16)2-3-8(7)13-10(5)14/h2-5,9H,12H2,1H3,(H,13,14)(H,15,16). The normalized spacial score (nSPS) is 20.1. The molecule has 1 amide bonds. The lowest BCUT2D eigenvalue weighted by Gasteiger charge is -2.09. The zero-order valence-corrected chi connectivity index (χ0v) is 8.73. The summed E-state index contributed by atoms with van der Waals surface area (Å²) in [6, 6.07) is 3.94. The molecule has 2 atom stereocenters. The number of aliphatic carboxylic acids is 1. The number of hydrogen-bond acceptors (Lipinski definition) is 3. The lowest BCUT2D eigenvalue weighted by atomic mass is 9.98. The molecule has 16 heavy (non-hydrogen) atoms. The molecular weight excluding hydrogens is 208 g/mol. The number of fused-ring (bicyclic) bond motifs is 1. The Morgan fingerprint density at radius 2 is 2.25 bits per heavy atom. The summed E-state index contributed by atoms with van der Waals surface area (Å²) in [6.07, 6.45) is 0. The molecule has 0 bridgehead atoms. The second-order valence-electron chi connectivity index (χ2n) is 3.87. The molecule has 5 heteroatoms. The van der Waals surface area contributed by atoms with Gasteiger partial charge in [-0.2, -0.15) is 0 Å². The molecule has 1 heterocycles. The first-order chi connectivity index (χ1) is 7.50. The molecule has 1 aliphatic rings. The third kappa shape index (κ3) is 1.55. The highest BCUT2D eigenvalue weighted by atomic mass is 16.4. The number of nitrogens with one attached hydrogen (secondary N) is 1. The van der Waals surface area contributed by atoms with Crippen LogP contribution in [-0.2, 0) is 9.59 Å². The second kappa shape index (κ2) is 3.61. The molecule has 5 nitrogen and oxygen atoms in total. The van der Waals surface area contributed by atoms with Gasteiger partial charge in [0.1, 0.15) is 6.04 Å². The minimum absolute atomic E-state index is 0.0731. The van der Waals surface area contributed by atoms with Gasteiger partial charge in [-0.3, -0.25) is 9.59 Å². The molecule has 0 saturated heterocycles. The minimum atomic E-state index is -1.08. The van der Waals surface area contributed by atoms with Gasteiger partial charge in [0.25, 0.3) is 0 Å². The number of carbonyl (C=O) groups is 2. The van der Waals surface area contributed by atoms with Crippen LogP contribution in [0.4, 0.5) is 5.69 Å². The third-order valence-electron chi connectivity index (χ3n) is 2.82. The SMILES string of the molecule is CC1C(=O)Nc2ccc(C(N)C(=O)O)cc21. The zero-order chi connectivity index (χ0) is 11.9. The fraction of sp³-hybridized carbons (Fsp3) is 0.273. The van der Waals surface area contributed by atoms with E-state index in [2.05, 4.69) is 5.32 Å². The van der Waals surface area contributed by atoms with Gasteiger partial charge in [-0.25, -0.2) is 0 Å². The van der Waals surface area contributed by atoms with Crippen LogP contribution >= 0.6 is 0 Å². The van der Waals surface area contributed by atoms with E-state index in [1.807, 2.05) is 0 Å². The van der Waals surface area contributed by atoms with E-state index < -0.39 is 12.0 Å². The van der Waals surface area contributed by atoms with Crippen molar-refractivity contribution in [3.8, 4) is 0 Å². The van der Waals surface area contributed by atoms with E-state index in [1.54, 1.807) is 25.1 Å². The molecule has 0 saturated carbocycles. The predicted molar refractivity (Wildman–Crippen MR) is 58.1 cm³/mol. The Balaban J connectivity index is 2.41. The number of benzene rings is 1. The van der Waals surface area contributed by atoms with Crippen molar-refractivity contribution < 1.29 is 14.7 Å². The summed E-state index contributed by atoms with van der Waals surface area (Å²) in [5.74, 6) is -1.41. The number of carboxylic acid groups (broad SMARTS) is 1. The summed E-state index contributed by atoms with van der Waals surface area (Å²) in [7, 11) is 0. The van der Waals surface area contributed by atoms with E-state index >= 15 is 0 Å². The number of amides is 1. The largest absolute Gasteiger partial charge is 0.480 e. The molecule has 0 aromatic heterocycles. The van der Waals surface area contributed by atoms with E-state index in [9.17, 15) is 9.59 Å². The smallest absolute Gasteiger partial charge is 0.325 e. The second-order valence-corrected chi connectivity index (χ2v) is 3.87. The van der Waals surface area contributed by atoms with Crippen molar-refractivity contribution in [1.82, 2.24) is 0 Å². The first-order valence-electron chi connectivity index (χ1n) is 4.94. The first kappa shape index (κ1) is 10.6. The van der Waals surface area contributed by atoms with Crippen LogP contribution in [0.25, 0.3) is 0 Å². The highest BCUT2D eigenvalue weighted by Gasteiger charge is 2.27. The maximum atomic E-state index is 11.4. The molecule has 4 N–H and O–H groups in total. The molecule has 2 unspecified atom stereocenters. The highest BCUT2D eigenvalue weighted by molar-refractivity contribution is 6.02. The van der Waals surface area contributed by atoms with Gasteiger partial charge in [0.05, 0.1) is 5.92 Å². The van der Waals surface area contributed by atoms with Crippen molar-refractivity contribution >= 4 is 17.6 Å². The molecule has 0 spiro atoms. The van der Waals surface area contributed by atoms with Crippen LogP contribution in [0.1, 0.15) is 30.0 Å². The van der Waals surface area contributed by atoms with Gasteiger partial charge in [-0.05, 0) is 24.1 Å². The monoisotopic (exact) mass is 220 g/mol. The molecule has 1 aromatic carbocycles. The van der Waals surface area contributed by atoms with Gasteiger partial charge in [0.2, 0.25) is 5.91 Å². The molecule has 84 valence electrons. The Morgan fingerprint density at radius 1 is 1.56 bits per heavy atom. The van der Waals surface area contributed by atoms with Crippen LogP contribution in [-0.4, -0.2) is 17.0 Å². The maximum Gasteiger partial charge on any atom is 0.325 e. The van der Waals surface area contributed by atoms with E-state index in [1.165, 1.54) is 0 Å². The number of rotatable bonds is 2. The van der Waals surface area contributed by atoms with Crippen molar-refractivity contribution in [2.45, 2.75) is 18.9 Å². The van der Waals surface area contributed by atoms with E-state index in [0.717, 1.165) is 11.3 Å². The van der Waals surface area contributed by atoms with Crippen molar-refractivity contribution in [2.24, 2.45) is 5.73 Å². The fourth-order valence-corrected chi connectivity index (χ4v) is 1.77. The van der Waals surface area contributed by atoms with Gasteiger partial charge >= 0.3 is 5.97 Å². The average Bonchev–Trinajstić information content (AvgIpc) is 2.53. The summed E-state index contributed by atoms with van der Waals surface area (Å²) in [5, 5.41) is 11.5. The van der Waals surface area contributed by atoms with Crippen LogP contribution in [0.15, 0.2) is 18.2 Å². The lowest BCUT2D eigenvalue weighted by Crippen LogP contribution is -2.20. The molecule has 0 fully saturated rings. The van der Waals surface area contributed by atoms with Gasteiger partial charge in [0, 0.05) is 5.69 Å². The predicted octanol–water partition coefficient (Wildman–Crippen LogP) is 0.827. The number of anilines is 1. The molecule has 2 rings (SSSR count). The quantitative estimate of drug-likeness (QED) is 0.688. The molecule has 1 aliphatic heterocycles. The van der Waals surface area contributed by atoms with Crippen LogP contribution in [0.2, 0.25) is 0 Å². The summed E-state index contributed by atoms with van der Waals surface area (Å²) >= 11 is 0. The number of hydrogen-bond donors (Lipinski definition) is 3. The Morgan fingerprint density at radius 3 is 2.88 bits per heavy atom. The summed E-state index contributed by atoms with van der Waals surface area (Å²) in [6.45, 7) is 1.78. The Bertz CT molecular complexity index is 470. The van der Waals surface area contributed by atoms with Crippen LogP contribution < -0.4 is 11.1 Å². The van der Waals surface area contributed by atoms with Crippen molar-refractivity contribution in [3.05, 3.63) is 29.3 Å². The zero-order valence-electron chi connectivity index (χ0n) is 8.73. The lowest BCUT2D eigenvalue weighted by molar-refractivity contribution is -0.138. The topological polar surface area (TPSA) is 92.4 Å². The molecule has 0 aliphatic carbocycles. The Labute approximate surface area is 92.3 Å². The third-order valence-corrected chi connectivity index (χ3v) is 2.82. The van der Waals surface area contributed by atoms with Crippen LogP contribution in [0.5, 0.6) is 0 Å². The maximum absolute atomic E-state index is 11.4. The van der Waals surface area contributed by atoms with E-state index in [-0.39, 0.29) is 11.8 Å². The Kier molecular flexibility index (Phi) is 2.40. The van der Waals surface area contributed by atoms with Crippen LogP contribution in [0, 0.1) is 0 Å². The van der Waals surface area contributed by atoms with E-state index in [0.29, 0.717) is 5.56 Å². The summed E-state index contributed by atoms with van der Waals surface area (Å²) < 4.78 is 0. The summed E-state index contributed by atoms with van der Waals surface area (Å²) in [4.78, 5) is 22.1. The first-order valence-corrected chi connectivity index (χ1v) is 4.94. The number of carboxylic acids is 1. The van der Waals surface area contributed by atoms with Crippen molar-refractivity contribution in [2.75, 3.05) is 5.32 Å². The molecule has 1 aromatic rings. The molecular formula is C11H12N2O3. The minimum Gasteiger partial charge on any atom is -0.480 e. The van der Waals surface area contributed by atoms with Crippen molar-refractivity contribution in [3.63, 3.8) is 0 Å². The van der Waals surface area contributed by atoms with Gasteiger partial charge < -0.3 is 16.2 Å². The van der Waals surface area contributed by atoms with E-state index in [4.69, 9.17) is 10.8 Å². The number of carbonyl (C=O) groups excluding carboxylic acids is 1. The number of nitrogens with two attached hydrogens (primary N) is 1. The average molecular weight is 220 g/mol. The fourth-order valence-electron chi connectivity index (χ4n) is 1.77.